The number of benzene rings is 1. The molecule has 3 rings (SSSR count). The Bertz CT molecular complexity index is 770. The van der Waals surface area contributed by atoms with Gasteiger partial charge in [-0.15, -0.1) is 0 Å². The minimum absolute atomic E-state index is 0.0824. The van der Waals surface area contributed by atoms with Crippen molar-refractivity contribution in [1.29, 1.82) is 0 Å². The lowest BCUT2D eigenvalue weighted by atomic mass is 9.98. The molecule has 1 fully saturated rings. The van der Waals surface area contributed by atoms with E-state index in [2.05, 4.69) is 10.3 Å². The van der Waals surface area contributed by atoms with Crippen LogP contribution in [0.15, 0.2) is 34.7 Å². The van der Waals surface area contributed by atoms with Gasteiger partial charge in [0.15, 0.2) is 5.89 Å². The fourth-order valence-corrected chi connectivity index (χ4v) is 3.47. The minimum atomic E-state index is -0.0952. The molecule has 0 bridgehead atoms. The third-order valence-corrected chi connectivity index (χ3v) is 4.78. The molecule has 26 heavy (non-hydrogen) atoms. The normalized spacial score (nSPS) is 17.2. The average Bonchev–Trinajstić information content (AvgIpc) is 3.00. The molecule has 1 N–H and O–H groups in total. The van der Waals surface area contributed by atoms with Crippen molar-refractivity contribution >= 4 is 11.8 Å². The summed E-state index contributed by atoms with van der Waals surface area (Å²) in [4.78, 5) is 31.1. The summed E-state index contributed by atoms with van der Waals surface area (Å²) < 4.78 is 5.51. The number of amides is 2. The van der Waals surface area contributed by atoms with E-state index in [1.54, 1.807) is 26.0 Å². The smallest absolute Gasteiger partial charge is 0.291 e. The first-order valence-electron chi connectivity index (χ1n) is 9.14. The van der Waals surface area contributed by atoms with Crippen LogP contribution in [0.1, 0.15) is 58.2 Å². The molecular weight excluding hydrogens is 330 g/mol. The number of carbonyl (C=O) groups is 2. The summed E-state index contributed by atoms with van der Waals surface area (Å²) in [6.45, 7) is 4.80. The summed E-state index contributed by atoms with van der Waals surface area (Å²) in [6.07, 6.45) is 3.76. The third kappa shape index (κ3) is 4.12. The lowest BCUT2D eigenvalue weighted by Crippen LogP contribution is -2.45. The van der Waals surface area contributed by atoms with Crippen molar-refractivity contribution in [2.45, 2.75) is 45.6 Å². The highest BCUT2D eigenvalue weighted by molar-refractivity contribution is 5.94. The maximum Gasteiger partial charge on any atom is 0.291 e. The molecule has 138 valence electrons. The van der Waals surface area contributed by atoms with Gasteiger partial charge in [-0.2, -0.15) is 0 Å². The number of aromatic nitrogens is 1. The summed E-state index contributed by atoms with van der Waals surface area (Å²) in [6, 6.07) is 9.27. The number of likely N-dealkylation sites (tertiary alicyclic amines) is 1. The Morgan fingerprint density at radius 3 is 2.69 bits per heavy atom. The standard InChI is InChI=1S/C20H25N3O3/c1-14-18(26-15(2)22-14)20(25)23-13-7-6-10-17(23)11-12-21-19(24)16-8-4-3-5-9-16/h3-5,8-9,17H,6-7,10-13H2,1-2H3,(H,21,24)/t17-/m0/s1. The fraction of sp³-hybridized carbons (Fsp3) is 0.450. The van der Waals surface area contributed by atoms with Crippen LogP contribution in [0.4, 0.5) is 0 Å². The van der Waals surface area contributed by atoms with E-state index in [9.17, 15) is 9.59 Å². The Morgan fingerprint density at radius 1 is 1.23 bits per heavy atom. The third-order valence-electron chi connectivity index (χ3n) is 4.78. The highest BCUT2D eigenvalue weighted by Gasteiger charge is 2.30. The molecule has 6 heteroatoms. The summed E-state index contributed by atoms with van der Waals surface area (Å²) in [7, 11) is 0. The van der Waals surface area contributed by atoms with Crippen LogP contribution in [-0.4, -0.2) is 40.8 Å². The average molecular weight is 355 g/mol. The van der Waals surface area contributed by atoms with Gasteiger partial charge in [-0.05, 0) is 44.7 Å². The molecule has 1 saturated heterocycles. The molecule has 1 aliphatic rings. The Labute approximate surface area is 153 Å². The van der Waals surface area contributed by atoms with Crippen molar-refractivity contribution in [2.75, 3.05) is 13.1 Å². The van der Waals surface area contributed by atoms with Crippen LogP contribution in [0, 0.1) is 13.8 Å². The van der Waals surface area contributed by atoms with Gasteiger partial charge < -0.3 is 14.6 Å². The molecule has 2 heterocycles. The Hall–Kier alpha value is -2.63. The van der Waals surface area contributed by atoms with Gasteiger partial charge in [0, 0.05) is 31.6 Å². The van der Waals surface area contributed by atoms with E-state index in [4.69, 9.17) is 4.42 Å². The highest BCUT2D eigenvalue weighted by atomic mass is 16.4. The van der Waals surface area contributed by atoms with Crippen molar-refractivity contribution in [3.63, 3.8) is 0 Å². The Kier molecular flexibility index (Phi) is 5.71. The van der Waals surface area contributed by atoms with Crippen LogP contribution < -0.4 is 5.32 Å². The van der Waals surface area contributed by atoms with Crippen LogP contribution in [0.2, 0.25) is 0 Å². The largest absolute Gasteiger partial charge is 0.436 e. The number of nitrogens with zero attached hydrogens (tertiary/aromatic N) is 2. The number of aryl methyl sites for hydroxylation is 2. The number of hydrogen-bond acceptors (Lipinski definition) is 4. The molecular formula is C20H25N3O3. The zero-order valence-corrected chi connectivity index (χ0v) is 15.3. The number of oxazole rings is 1. The van der Waals surface area contributed by atoms with E-state index in [1.165, 1.54) is 0 Å². The molecule has 1 aromatic heterocycles. The van der Waals surface area contributed by atoms with E-state index >= 15 is 0 Å². The Balaban J connectivity index is 1.59. The molecule has 1 aromatic carbocycles. The molecule has 0 saturated carbocycles. The SMILES string of the molecule is Cc1nc(C)c(C(=O)N2CCCC[C@H]2CCNC(=O)c2ccccc2)o1. The first-order valence-corrected chi connectivity index (χ1v) is 9.14. The molecule has 6 nitrogen and oxygen atoms in total. The van der Waals surface area contributed by atoms with Crippen molar-refractivity contribution in [2.24, 2.45) is 0 Å². The quantitative estimate of drug-likeness (QED) is 0.894. The second-order valence-electron chi connectivity index (χ2n) is 6.71. The number of piperidine rings is 1. The molecule has 0 aliphatic carbocycles. The molecule has 2 aromatic rings. The van der Waals surface area contributed by atoms with Gasteiger partial charge in [0.1, 0.15) is 0 Å². The van der Waals surface area contributed by atoms with Crippen molar-refractivity contribution in [3.05, 3.63) is 53.2 Å². The fourth-order valence-electron chi connectivity index (χ4n) is 3.47. The van der Waals surface area contributed by atoms with E-state index < -0.39 is 0 Å². The summed E-state index contributed by atoms with van der Waals surface area (Å²) in [5.41, 5.74) is 1.28. The van der Waals surface area contributed by atoms with E-state index in [-0.39, 0.29) is 17.9 Å². The summed E-state index contributed by atoms with van der Waals surface area (Å²) in [5.74, 6) is 0.667. The van der Waals surface area contributed by atoms with E-state index in [1.807, 2.05) is 23.1 Å². The van der Waals surface area contributed by atoms with Crippen LogP contribution in [0.3, 0.4) is 0 Å². The highest BCUT2D eigenvalue weighted by Crippen LogP contribution is 2.23. The van der Waals surface area contributed by atoms with Gasteiger partial charge in [-0.1, -0.05) is 18.2 Å². The maximum atomic E-state index is 12.9. The van der Waals surface area contributed by atoms with E-state index in [0.717, 1.165) is 32.2 Å². The first-order chi connectivity index (χ1) is 12.6. The van der Waals surface area contributed by atoms with Crippen molar-refractivity contribution < 1.29 is 14.0 Å². The number of nitrogens with one attached hydrogen (secondary N) is 1. The molecule has 1 aliphatic heterocycles. The minimum Gasteiger partial charge on any atom is -0.436 e. The molecule has 1 atom stereocenters. The lowest BCUT2D eigenvalue weighted by Gasteiger charge is -2.35. The van der Waals surface area contributed by atoms with Crippen molar-refractivity contribution in [3.8, 4) is 0 Å². The number of rotatable bonds is 5. The number of hydrogen-bond donors (Lipinski definition) is 1. The van der Waals surface area contributed by atoms with Gasteiger partial charge in [-0.25, -0.2) is 4.98 Å². The van der Waals surface area contributed by atoms with Gasteiger partial charge >= 0.3 is 0 Å². The van der Waals surface area contributed by atoms with Crippen LogP contribution in [-0.2, 0) is 0 Å². The summed E-state index contributed by atoms with van der Waals surface area (Å²) in [5, 5.41) is 2.95. The van der Waals surface area contributed by atoms with Gasteiger partial charge in [-0.3, -0.25) is 9.59 Å². The second-order valence-corrected chi connectivity index (χ2v) is 6.71. The van der Waals surface area contributed by atoms with Gasteiger partial charge in [0.05, 0.1) is 5.69 Å². The van der Waals surface area contributed by atoms with Crippen LogP contribution >= 0.6 is 0 Å². The zero-order chi connectivity index (χ0) is 18.5. The van der Waals surface area contributed by atoms with Gasteiger partial charge in [0.25, 0.3) is 11.8 Å². The van der Waals surface area contributed by atoms with Gasteiger partial charge in [0.2, 0.25) is 5.76 Å². The first kappa shape index (κ1) is 18.2. The summed E-state index contributed by atoms with van der Waals surface area (Å²) >= 11 is 0. The lowest BCUT2D eigenvalue weighted by molar-refractivity contribution is 0.0567. The predicted molar refractivity (Wildman–Crippen MR) is 98.0 cm³/mol. The van der Waals surface area contributed by atoms with E-state index in [0.29, 0.717) is 29.5 Å². The molecule has 2 amide bonds. The monoisotopic (exact) mass is 355 g/mol. The number of carbonyl (C=O) groups excluding carboxylic acids is 2. The maximum absolute atomic E-state index is 12.9. The second kappa shape index (κ2) is 8.17. The molecule has 0 unspecified atom stereocenters. The predicted octanol–water partition coefficient (Wildman–Crippen LogP) is 3.11. The molecule has 0 spiro atoms. The van der Waals surface area contributed by atoms with Crippen molar-refractivity contribution in [1.82, 2.24) is 15.2 Å². The zero-order valence-electron chi connectivity index (χ0n) is 15.3. The Morgan fingerprint density at radius 2 is 2.00 bits per heavy atom. The topological polar surface area (TPSA) is 75.4 Å². The van der Waals surface area contributed by atoms with Crippen LogP contribution in [0.25, 0.3) is 0 Å². The molecule has 0 radical (unpaired) electrons. The van der Waals surface area contributed by atoms with Crippen LogP contribution in [0.5, 0.6) is 0 Å².